The first kappa shape index (κ1) is 31.5. The molecule has 0 fully saturated rings. The molecule has 57 heavy (non-hydrogen) atoms. The van der Waals surface area contributed by atoms with Gasteiger partial charge in [-0.3, -0.25) is 0 Å². The molecule has 0 atom stereocenters. The van der Waals surface area contributed by atoms with E-state index in [-0.39, 0.29) is 0 Å². The van der Waals surface area contributed by atoms with Crippen LogP contribution in [0.1, 0.15) is 0 Å². The molecule has 8 aromatic carbocycles. The number of hydrogen-bond donors (Lipinski definition) is 0. The van der Waals surface area contributed by atoms with Crippen LogP contribution in [0, 0.1) is 0 Å². The lowest BCUT2D eigenvalue weighted by Gasteiger charge is -2.13. The Balaban J connectivity index is 1.14. The number of rotatable bonds is 5. The number of furan rings is 2. The third-order valence-electron chi connectivity index (χ3n) is 11.1. The van der Waals surface area contributed by atoms with Crippen molar-refractivity contribution >= 4 is 65.7 Å². The first-order valence-corrected chi connectivity index (χ1v) is 19.0. The molecule has 0 aliphatic rings. The summed E-state index contributed by atoms with van der Waals surface area (Å²) in [6.07, 6.45) is 0. The molecule has 4 aromatic heterocycles. The Labute approximate surface area is 325 Å². The summed E-state index contributed by atoms with van der Waals surface area (Å²) in [7, 11) is 0. The van der Waals surface area contributed by atoms with E-state index in [1.54, 1.807) is 0 Å². The van der Waals surface area contributed by atoms with Crippen molar-refractivity contribution in [2.75, 3.05) is 0 Å². The number of hydrogen-bond acceptors (Lipinski definition) is 5. The highest BCUT2D eigenvalue weighted by Gasteiger charge is 2.23. The lowest BCUT2D eigenvalue weighted by Crippen LogP contribution is -2.02. The number of fused-ring (bicyclic) bond motifs is 9. The zero-order chi connectivity index (χ0) is 37.5. The minimum absolute atomic E-state index is 0.567. The molecule has 0 spiro atoms. The van der Waals surface area contributed by atoms with Crippen LogP contribution in [0.5, 0.6) is 0 Å². The van der Waals surface area contributed by atoms with Crippen LogP contribution >= 0.6 is 0 Å². The minimum atomic E-state index is 0.567. The van der Waals surface area contributed by atoms with E-state index < -0.39 is 0 Å². The van der Waals surface area contributed by atoms with Gasteiger partial charge in [-0.15, -0.1) is 0 Å². The lowest BCUT2D eigenvalue weighted by atomic mass is 10.0. The molecule has 0 radical (unpaired) electrons. The fourth-order valence-corrected chi connectivity index (χ4v) is 8.52. The number of nitrogens with zero attached hydrogens (tertiary/aromatic N) is 4. The molecule has 6 heteroatoms. The number of benzene rings is 8. The molecular formula is C51H30N4O2. The Morgan fingerprint density at radius 3 is 1.82 bits per heavy atom. The quantitative estimate of drug-likeness (QED) is 0.176. The Bertz CT molecular complexity index is 3530. The SMILES string of the molecule is c1ccc(-c2nc(-c3ccc4c(c3)oc3ccccc34)nc(-c3cccc4c5ccccc5n(-c5cccc6oc7c(-c8ccccc8)cccc7c56)c34)n2)cc1. The van der Waals surface area contributed by atoms with Crippen molar-refractivity contribution in [2.24, 2.45) is 0 Å². The van der Waals surface area contributed by atoms with Crippen LogP contribution in [-0.2, 0) is 0 Å². The second-order valence-electron chi connectivity index (χ2n) is 14.3. The average Bonchev–Trinajstić information content (AvgIpc) is 3.96. The summed E-state index contributed by atoms with van der Waals surface area (Å²) in [5.41, 5.74) is 11.2. The van der Waals surface area contributed by atoms with Gasteiger partial charge in [-0.2, -0.15) is 0 Å². The molecule has 0 saturated carbocycles. The van der Waals surface area contributed by atoms with Gasteiger partial charge in [0.2, 0.25) is 0 Å². The zero-order valence-electron chi connectivity index (χ0n) is 30.4. The molecule has 0 bridgehead atoms. The van der Waals surface area contributed by atoms with Gasteiger partial charge < -0.3 is 13.4 Å². The van der Waals surface area contributed by atoms with Crippen molar-refractivity contribution in [3.05, 3.63) is 182 Å². The van der Waals surface area contributed by atoms with Gasteiger partial charge in [-0.25, -0.2) is 15.0 Å². The van der Waals surface area contributed by atoms with Gasteiger partial charge >= 0.3 is 0 Å². The van der Waals surface area contributed by atoms with Crippen LogP contribution in [0.3, 0.4) is 0 Å². The Morgan fingerprint density at radius 2 is 0.982 bits per heavy atom. The van der Waals surface area contributed by atoms with Gasteiger partial charge in [0.05, 0.1) is 22.1 Å². The van der Waals surface area contributed by atoms with Crippen LogP contribution in [0.25, 0.3) is 117 Å². The highest BCUT2D eigenvalue weighted by atomic mass is 16.3. The zero-order valence-corrected chi connectivity index (χ0v) is 30.4. The van der Waals surface area contributed by atoms with Crippen LogP contribution in [0.4, 0.5) is 0 Å². The van der Waals surface area contributed by atoms with Crippen LogP contribution in [-0.4, -0.2) is 19.5 Å². The first-order valence-electron chi connectivity index (χ1n) is 19.0. The van der Waals surface area contributed by atoms with Crippen LogP contribution in [0.15, 0.2) is 191 Å². The Kier molecular flexibility index (Phi) is 6.83. The standard InChI is InChI=1S/C51H30N4O2/c1-3-14-31(15-4-1)34-20-11-22-39-46-42(25-13-27-44(46)57-48(34)39)55-41-24-9-7-18-35(41)38-21-12-23-40(47(38)55)51-53-49(32-16-5-2-6-17-32)52-50(54-51)33-28-29-37-36-19-8-10-26-43(36)56-45(37)30-33/h1-30H. The molecule has 0 amide bonds. The fourth-order valence-electron chi connectivity index (χ4n) is 8.52. The molecule has 0 aliphatic carbocycles. The third-order valence-corrected chi connectivity index (χ3v) is 11.1. The Hall–Kier alpha value is -7.83. The third kappa shape index (κ3) is 4.87. The highest BCUT2D eigenvalue weighted by Crippen LogP contribution is 2.43. The van der Waals surface area contributed by atoms with Gasteiger partial charge in [0.1, 0.15) is 22.3 Å². The second-order valence-corrected chi connectivity index (χ2v) is 14.3. The lowest BCUT2D eigenvalue weighted by molar-refractivity contribution is 0.669. The van der Waals surface area contributed by atoms with Crippen molar-refractivity contribution < 1.29 is 8.83 Å². The van der Waals surface area contributed by atoms with Gasteiger partial charge in [0.25, 0.3) is 0 Å². The topological polar surface area (TPSA) is 69.9 Å². The van der Waals surface area contributed by atoms with Crippen molar-refractivity contribution in [3.8, 4) is 51.0 Å². The molecule has 12 aromatic rings. The summed E-state index contributed by atoms with van der Waals surface area (Å²) in [5.74, 6) is 1.74. The molecular weight excluding hydrogens is 701 g/mol. The van der Waals surface area contributed by atoms with E-state index in [0.29, 0.717) is 17.5 Å². The molecule has 6 nitrogen and oxygen atoms in total. The first-order chi connectivity index (χ1) is 28.3. The van der Waals surface area contributed by atoms with Crippen molar-refractivity contribution in [1.29, 1.82) is 0 Å². The van der Waals surface area contributed by atoms with E-state index >= 15 is 0 Å². The van der Waals surface area contributed by atoms with Crippen molar-refractivity contribution in [2.45, 2.75) is 0 Å². The van der Waals surface area contributed by atoms with Gasteiger partial charge in [0.15, 0.2) is 17.5 Å². The van der Waals surface area contributed by atoms with E-state index in [1.165, 1.54) is 0 Å². The summed E-state index contributed by atoms with van der Waals surface area (Å²) >= 11 is 0. The molecule has 0 aliphatic heterocycles. The van der Waals surface area contributed by atoms with Gasteiger partial charge in [0, 0.05) is 49.2 Å². The maximum Gasteiger partial charge on any atom is 0.166 e. The smallest absolute Gasteiger partial charge is 0.166 e. The monoisotopic (exact) mass is 730 g/mol. The van der Waals surface area contributed by atoms with E-state index in [0.717, 1.165) is 99.2 Å². The van der Waals surface area contributed by atoms with Crippen molar-refractivity contribution in [3.63, 3.8) is 0 Å². The highest BCUT2D eigenvalue weighted by molar-refractivity contribution is 6.18. The van der Waals surface area contributed by atoms with Crippen molar-refractivity contribution in [1.82, 2.24) is 19.5 Å². The van der Waals surface area contributed by atoms with E-state index in [9.17, 15) is 0 Å². The van der Waals surface area contributed by atoms with E-state index in [2.05, 4.69) is 126 Å². The maximum absolute atomic E-state index is 6.74. The molecule has 0 saturated heterocycles. The predicted octanol–water partition coefficient (Wildman–Crippen LogP) is 13.4. The summed E-state index contributed by atoms with van der Waals surface area (Å²) in [6.45, 7) is 0. The predicted molar refractivity (Wildman–Crippen MR) is 230 cm³/mol. The molecule has 0 N–H and O–H groups in total. The number of aromatic nitrogens is 4. The number of para-hydroxylation sites is 4. The average molecular weight is 731 g/mol. The Morgan fingerprint density at radius 1 is 0.368 bits per heavy atom. The maximum atomic E-state index is 6.74. The summed E-state index contributed by atoms with van der Waals surface area (Å²) in [4.78, 5) is 15.6. The summed E-state index contributed by atoms with van der Waals surface area (Å²) in [5, 5.41) is 6.47. The largest absolute Gasteiger partial charge is 0.456 e. The summed E-state index contributed by atoms with van der Waals surface area (Å²) in [6, 6.07) is 62.6. The summed E-state index contributed by atoms with van der Waals surface area (Å²) < 4.78 is 15.4. The molecule has 0 unspecified atom stereocenters. The molecule has 4 heterocycles. The van der Waals surface area contributed by atoms with E-state index in [4.69, 9.17) is 23.8 Å². The fraction of sp³-hybridized carbons (Fsp3) is 0. The minimum Gasteiger partial charge on any atom is -0.456 e. The van der Waals surface area contributed by atoms with Gasteiger partial charge in [-0.05, 0) is 48.0 Å². The van der Waals surface area contributed by atoms with E-state index in [1.807, 2.05) is 60.7 Å². The molecule has 12 rings (SSSR count). The van der Waals surface area contributed by atoms with Crippen LogP contribution < -0.4 is 0 Å². The normalized spacial score (nSPS) is 11.9. The second kappa shape index (κ2) is 12.3. The van der Waals surface area contributed by atoms with Gasteiger partial charge in [-0.1, -0.05) is 140 Å². The molecule has 266 valence electrons. The van der Waals surface area contributed by atoms with Crippen LogP contribution in [0.2, 0.25) is 0 Å².